The van der Waals surface area contributed by atoms with Crippen molar-refractivity contribution in [3.05, 3.63) is 47.9 Å². The molecule has 51 heavy (non-hydrogen) atoms. The lowest BCUT2D eigenvalue weighted by Gasteiger charge is -2.43. The fraction of sp³-hybridized carbons (Fsp3) is 0.457. The van der Waals surface area contributed by atoms with E-state index in [-0.39, 0.29) is 17.1 Å². The first-order valence-electron chi connectivity index (χ1n) is 17.0. The lowest BCUT2D eigenvalue weighted by Crippen LogP contribution is -2.55. The Bertz CT molecular complexity index is 1950. The Morgan fingerprint density at radius 3 is 2.35 bits per heavy atom. The quantitative estimate of drug-likeness (QED) is 0.144. The lowest BCUT2D eigenvalue weighted by atomic mass is 10.0. The molecule has 2 aliphatic rings. The van der Waals surface area contributed by atoms with Crippen molar-refractivity contribution in [2.75, 3.05) is 81.0 Å². The van der Waals surface area contributed by atoms with E-state index >= 15 is 0 Å². The summed E-state index contributed by atoms with van der Waals surface area (Å²) in [5, 5.41) is 7.32. The number of hydrogen-bond acceptors (Lipinski definition) is 13. The van der Waals surface area contributed by atoms with Crippen LogP contribution in [-0.2, 0) is 9.30 Å². The van der Waals surface area contributed by atoms with Crippen LogP contribution in [0.15, 0.2) is 42.9 Å². The molecule has 0 bridgehead atoms. The minimum absolute atomic E-state index is 0.240. The molecule has 0 atom stereocenters. The van der Waals surface area contributed by atoms with E-state index in [9.17, 15) is 9.36 Å². The van der Waals surface area contributed by atoms with Gasteiger partial charge in [-0.15, -0.1) is 0 Å². The second-order valence-corrected chi connectivity index (χ2v) is 17.8. The molecule has 16 heteroatoms. The fourth-order valence-electron chi connectivity index (χ4n) is 6.63. The third-order valence-corrected chi connectivity index (χ3v) is 10.8. The van der Waals surface area contributed by atoms with E-state index in [1.54, 1.807) is 43.8 Å². The van der Waals surface area contributed by atoms with Gasteiger partial charge in [0.2, 0.25) is 5.95 Å². The summed E-state index contributed by atoms with van der Waals surface area (Å²) in [6, 6.07) is 7.82. The number of amides is 1. The highest BCUT2D eigenvalue weighted by Gasteiger charge is 2.31. The molecule has 14 nitrogen and oxygen atoms in total. The molecule has 0 spiro atoms. The van der Waals surface area contributed by atoms with Crippen molar-refractivity contribution in [2.45, 2.75) is 45.3 Å². The molecular weight excluding hydrogens is 691 g/mol. The van der Waals surface area contributed by atoms with Crippen LogP contribution in [0, 0.1) is 0 Å². The molecule has 4 heterocycles. The zero-order chi connectivity index (χ0) is 36.5. The highest BCUT2D eigenvalue weighted by molar-refractivity contribution is 7.71. The van der Waals surface area contributed by atoms with Gasteiger partial charge in [0.1, 0.15) is 29.0 Å². The average molecular weight is 737 g/mol. The average Bonchev–Trinajstić information content (AvgIpc) is 3.08. The number of fused-ring (bicyclic) bond motifs is 1. The third-order valence-electron chi connectivity index (χ3n) is 9.03. The lowest BCUT2D eigenvalue weighted by molar-refractivity contribution is 0.00902. The molecule has 2 saturated heterocycles. The first-order valence-corrected chi connectivity index (χ1v) is 20.0. The number of rotatable bonds is 8. The molecule has 0 unspecified atom stereocenters. The van der Waals surface area contributed by atoms with E-state index in [1.807, 2.05) is 39.0 Å². The van der Waals surface area contributed by atoms with Gasteiger partial charge in [-0.25, -0.2) is 9.78 Å². The van der Waals surface area contributed by atoms with Crippen LogP contribution in [0.2, 0.25) is 5.02 Å². The molecular formula is C35H46ClN10O4P. The number of aromatic nitrogens is 4. The van der Waals surface area contributed by atoms with Crippen LogP contribution in [0.4, 0.5) is 39.3 Å². The maximum atomic E-state index is 13.4. The number of nitrogens with zero attached hydrogens (tertiary/aromatic N) is 7. The van der Waals surface area contributed by atoms with E-state index < -0.39 is 12.7 Å². The number of nitrogens with two attached hydrogens (primary N) is 1. The number of piperidine rings is 1. The maximum absolute atomic E-state index is 13.4. The number of nitrogens with one attached hydrogen (secondary N) is 2. The van der Waals surface area contributed by atoms with Crippen molar-refractivity contribution in [1.29, 1.82) is 0 Å². The number of carbonyl (C=O) groups excluding carboxylic acids is 1. The highest BCUT2D eigenvalue weighted by Crippen LogP contribution is 2.42. The van der Waals surface area contributed by atoms with E-state index in [4.69, 9.17) is 26.8 Å². The van der Waals surface area contributed by atoms with Crippen LogP contribution < -0.4 is 31.3 Å². The number of anilines is 6. The van der Waals surface area contributed by atoms with Gasteiger partial charge in [-0.3, -0.25) is 14.9 Å². The molecule has 4 aromatic rings. The number of halogens is 1. The molecule has 2 aliphatic heterocycles. The van der Waals surface area contributed by atoms with Crippen molar-refractivity contribution in [1.82, 2.24) is 29.7 Å². The Labute approximate surface area is 303 Å². The van der Waals surface area contributed by atoms with Gasteiger partial charge in [0.05, 0.1) is 46.9 Å². The predicted octanol–water partition coefficient (Wildman–Crippen LogP) is 5.92. The molecule has 272 valence electrons. The van der Waals surface area contributed by atoms with Gasteiger partial charge >= 0.3 is 6.09 Å². The van der Waals surface area contributed by atoms with E-state index in [1.165, 1.54) is 6.20 Å². The van der Waals surface area contributed by atoms with Gasteiger partial charge in [-0.2, -0.15) is 4.98 Å². The number of benzene rings is 2. The second kappa shape index (κ2) is 14.7. The number of methoxy groups -OCH3 is 1. The molecule has 1 amide bonds. The Kier molecular flexibility index (Phi) is 10.5. The second-order valence-electron chi connectivity index (χ2n) is 14.2. The number of hydrogen-bond donors (Lipinski definition) is 3. The Balaban J connectivity index is 1.12. The predicted molar refractivity (Wildman–Crippen MR) is 204 cm³/mol. The minimum atomic E-state index is -2.80. The summed E-state index contributed by atoms with van der Waals surface area (Å²) in [6.07, 6.45) is 6.40. The zero-order valence-electron chi connectivity index (χ0n) is 29.9. The Hall–Kier alpha value is -4.39. The van der Waals surface area contributed by atoms with Crippen LogP contribution in [0.1, 0.15) is 33.6 Å². The Morgan fingerprint density at radius 1 is 0.980 bits per heavy atom. The highest BCUT2D eigenvalue weighted by atomic mass is 35.5. The summed E-state index contributed by atoms with van der Waals surface area (Å²) in [5.41, 5.74) is 10.0. The summed E-state index contributed by atoms with van der Waals surface area (Å²) in [4.78, 5) is 36.9. The third kappa shape index (κ3) is 8.40. The molecule has 0 radical (unpaired) electrons. The summed E-state index contributed by atoms with van der Waals surface area (Å²) < 4.78 is 24.7. The molecule has 4 N–H and O–H groups in total. The molecule has 2 aromatic heterocycles. The summed E-state index contributed by atoms with van der Waals surface area (Å²) in [6.45, 7) is 13.7. The fourth-order valence-corrected chi connectivity index (χ4v) is 8.16. The van der Waals surface area contributed by atoms with Gasteiger partial charge in [0, 0.05) is 63.8 Å². The van der Waals surface area contributed by atoms with Crippen molar-refractivity contribution in [2.24, 2.45) is 0 Å². The van der Waals surface area contributed by atoms with Crippen LogP contribution in [0.25, 0.3) is 11.0 Å². The first-order chi connectivity index (χ1) is 24.2. The van der Waals surface area contributed by atoms with E-state index in [2.05, 4.69) is 40.4 Å². The smallest absolute Gasteiger partial charge is 0.410 e. The standard InChI is InChI=1S/C35H46ClN10O4P/c1-35(2,3)50-34(47)46-17-15-44(16-18-46)22-9-13-45(14-10-22)28-20-29(49-4)27(19-24(28)37)42-33-40-21-23(36)32(43-33)41-26-8-7-25-30(39-12-11-38-25)31(26)51(5,6)48/h7-8,11-12,19-22H,9-10,13-18,37H2,1-6H3,(H2,40,41,42,43). The van der Waals surface area contributed by atoms with Crippen molar-refractivity contribution in [3.63, 3.8) is 0 Å². The van der Waals surface area contributed by atoms with Crippen LogP contribution in [0.5, 0.6) is 5.75 Å². The van der Waals surface area contributed by atoms with Crippen molar-refractivity contribution in [3.8, 4) is 5.75 Å². The topological polar surface area (TPSA) is 164 Å². The summed E-state index contributed by atoms with van der Waals surface area (Å²) in [7, 11) is -1.19. The Morgan fingerprint density at radius 2 is 1.69 bits per heavy atom. The number of carbonyl (C=O) groups is 1. The summed E-state index contributed by atoms with van der Waals surface area (Å²) in [5.74, 6) is 1.17. The van der Waals surface area contributed by atoms with E-state index in [0.29, 0.717) is 64.1 Å². The normalized spacial score (nSPS) is 16.3. The zero-order valence-corrected chi connectivity index (χ0v) is 31.6. The first kappa shape index (κ1) is 36.4. The van der Waals surface area contributed by atoms with Crippen molar-refractivity contribution < 1.29 is 18.8 Å². The van der Waals surface area contributed by atoms with Crippen LogP contribution in [0.3, 0.4) is 0 Å². The SMILES string of the molecule is COc1cc(N2CCC(N3CCN(C(=O)OC(C)(C)C)CC3)CC2)c(N)cc1Nc1ncc(Cl)c(Nc2ccc3nccnc3c2P(C)(C)=O)n1. The van der Waals surface area contributed by atoms with Gasteiger partial charge in [-0.1, -0.05) is 11.6 Å². The molecule has 2 aromatic carbocycles. The van der Waals surface area contributed by atoms with Crippen LogP contribution in [-0.4, -0.2) is 107 Å². The van der Waals surface area contributed by atoms with E-state index in [0.717, 1.165) is 44.7 Å². The van der Waals surface area contributed by atoms with Gasteiger partial charge < -0.3 is 40.2 Å². The summed E-state index contributed by atoms with van der Waals surface area (Å²) >= 11 is 6.54. The minimum Gasteiger partial charge on any atom is -0.494 e. The van der Waals surface area contributed by atoms with Gasteiger partial charge in [0.15, 0.2) is 5.82 Å². The van der Waals surface area contributed by atoms with Gasteiger partial charge in [-0.05, 0) is 65.1 Å². The molecule has 6 rings (SSSR count). The molecule has 0 aliphatic carbocycles. The number of piperazine rings is 1. The molecule has 2 fully saturated rings. The van der Waals surface area contributed by atoms with Crippen molar-refractivity contribution >= 4 is 75.7 Å². The number of nitrogen functional groups attached to an aromatic ring is 1. The largest absolute Gasteiger partial charge is 0.494 e. The molecule has 0 saturated carbocycles. The maximum Gasteiger partial charge on any atom is 0.410 e. The number of ether oxygens (including phenoxy) is 2. The monoisotopic (exact) mass is 736 g/mol. The van der Waals surface area contributed by atoms with Crippen LogP contribution >= 0.6 is 18.7 Å². The van der Waals surface area contributed by atoms with Gasteiger partial charge in [0.25, 0.3) is 0 Å².